The molecule has 5 unspecified atom stereocenters. The van der Waals surface area contributed by atoms with Crippen molar-refractivity contribution in [2.24, 2.45) is 0 Å². The highest BCUT2D eigenvalue weighted by Gasteiger charge is 2.50. The molecule has 0 aromatic heterocycles. The summed E-state index contributed by atoms with van der Waals surface area (Å²) in [6, 6.07) is 59.6. The first-order valence-corrected chi connectivity index (χ1v) is 21.7. The average molecular weight is 853 g/mol. The first kappa shape index (κ1) is 44.5. The maximum absolute atomic E-state index is 11.8. The summed E-state index contributed by atoms with van der Waals surface area (Å²) in [5, 5.41) is 11.8. The van der Waals surface area contributed by atoms with Gasteiger partial charge in [0.15, 0.2) is 12.6 Å². The molecule has 2 aliphatic rings. The normalized spacial score (nSPS) is 24.8. The van der Waals surface area contributed by atoms with Gasteiger partial charge < -0.3 is 47.7 Å². The predicted octanol–water partition coefficient (Wildman–Crippen LogP) is 8.59. The molecule has 328 valence electrons. The van der Waals surface area contributed by atoms with Crippen LogP contribution in [0.25, 0.3) is 0 Å². The summed E-state index contributed by atoms with van der Waals surface area (Å²) in [7, 11) is 0. The fourth-order valence-electron chi connectivity index (χ4n) is 7.81. The zero-order chi connectivity index (χ0) is 42.9. The van der Waals surface area contributed by atoms with Crippen LogP contribution in [0, 0.1) is 0 Å². The van der Waals surface area contributed by atoms with E-state index < -0.39 is 55.3 Å². The van der Waals surface area contributed by atoms with E-state index in [0.717, 1.165) is 33.4 Å². The molecule has 0 saturated carbocycles. The minimum Gasteiger partial charge on any atom is -0.368 e. The lowest BCUT2D eigenvalue weighted by atomic mass is 9.97. The third-order valence-corrected chi connectivity index (χ3v) is 11.2. The monoisotopic (exact) mass is 852 g/mol. The molecule has 0 amide bonds. The largest absolute Gasteiger partial charge is 0.368 e. The highest BCUT2D eigenvalue weighted by Crippen LogP contribution is 2.32. The van der Waals surface area contributed by atoms with Gasteiger partial charge in [0.05, 0.1) is 52.9 Å². The third kappa shape index (κ3) is 13.0. The lowest BCUT2D eigenvalue weighted by Crippen LogP contribution is -2.62. The lowest BCUT2D eigenvalue weighted by molar-refractivity contribution is -0.336. The Kier molecular flexibility index (Phi) is 16.7. The fraction of sp³-hybridized carbons (Fsp3) is 0.321. The number of hydrogen-bond acceptors (Lipinski definition) is 10. The third-order valence-electron chi connectivity index (χ3n) is 11.2. The summed E-state index contributed by atoms with van der Waals surface area (Å²) in [6.07, 6.45) is -7.27. The van der Waals surface area contributed by atoms with Gasteiger partial charge in [0.25, 0.3) is 0 Å². The van der Waals surface area contributed by atoms with E-state index in [9.17, 15) is 5.11 Å². The summed E-state index contributed by atoms with van der Waals surface area (Å²) in [5.41, 5.74) is 5.91. The van der Waals surface area contributed by atoms with Crippen LogP contribution in [-0.4, -0.2) is 73.6 Å². The maximum Gasteiger partial charge on any atom is 0.186 e. The maximum atomic E-state index is 11.8. The Bertz CT molecular complexity index is 2150. The van der Waals surface area contributed by atoms with E-state index in [1.165, 1.54) is 0 Å². The van der Waals surface area contributed by atoms with E-state index in [1.807, 2.05) is 182 Å². The average Bonchev–Trinajstić information content (AvgIpc) is 3.34. The second-order valence-electron chi connectivity index (χ2n) is 15.7. The molecule has 6 aromatic rings. The summed E-state index contributed by atoms with van der Waals surface area (Å²) < 4.78 is 59.6. The van der Waals surface area contributed by atoms with Crippen molar-refractivity contribution in [3.8, 4) is 0 Å². The number of aliphatic hydroxyl groups excluding tert-OH is 1. The molecule has 2 heterocycles. The quantitative estimate of drug-likeness (QED) is 0.0758. The zero-order valence-electron chi connectivity index (χ0n) is 35.3. The Morgan fingerprint density at radius 2 is 0.698 bits per heavy atom. The highest BCUT2D eigenvalue weighted by atomic mass is 16.7. The Balaban J connectivity index is 1.06. The standard InChI is InChI=1S/C53H56O10/c54-52-50(59-35-43-27-15-5-16-28-43)49(58-34-42-25-13-4-14-26-42)48(57-33-41-23-11-3-12-24-41)46(63-52)38-62-53-51(60-36-44-29-17-6-18-30-44)47(56-32-40-21-9-2-10-22-40)45(37-61-53)55-31-39-19-7-1-8-20-39/h1-30,45-54H,31-38H2/t45-,46?,47?,48-,49?,50?,51?,52+,53-/m1/s1. The van der Waals surface area contributed by atoms with Crippen molar-refractivity contribution in [3.05, 3.63) is 215 Å². The van der Waals surface area contributed by atoms with Crippen molar-refractivity contribution < 1.29 is 47.7 Å². The topological polar surface area (TPSA) is 103 Å². The van der Waals surface area contributed by atoms with Gasteiger partial charge in [-0.1, -0.05) is 182 Å². The van der Waals surface area contributed by atoms with Crippen LogP contribution in [0.1, 0.15) is 33.4 Å². The van der Waals surface area contributed by atoms with Gasteiger partial charge in [-0.3, -0.25) is 0 Å². The van der Waals surface area contributed by atoms with Crippen LogP contribution in [0.3, 0.4) is 0 Å². The number of ether oxygens (including phenoxy) is 9. The van der Waals surface area contributed by atoms with Gasteiger partial charge in [0.1, 0.15) is 42.7 Å². The van der Waals surface area contributed by atoms with Gasteiger partial charge in [0, 0.05) is 0 Å². The molecule has 6 aromatic carbocycles. The highest BCUT2D eigenvalue weighted by molar-refractivity contribution is 5.18. The Morgan fingerprint density at radius 3 is 1.11 bits per heavy atom. The molecule has 0 spiro atoms. The van der Waals surface area contributed by atoms with Crippen LogP contribution < -0.4 is 0 Å². The molecule has 0 radical (unpaired) electrons. The van der Waals surface area contributed by atoms with E-state index in [2.05, 4.69) is 0 Å². The summed E-state index contributed by atoms with van der Waals surface area (Å²) in [6.45, 7) is 1.87. The smallest absolute Gasteiger partial charge is 0.186 e. The molecule has 9 atom stereocenters. The van der Waals surface area contributed by atoms with E-state index in [1.54, 1.807) is 0 Å². The second-order valence-corrected chi connectivity index (χ2v) is 15.7. The van der Waals surface area contributed by atoms with Crippen LogP contribution in [0.15, 0.2) is 182 Å². The molecular formula is C53H56O10. The molecule has 10 heteroatoms. The Morgan fingerprint density at radius 1 is 0.365 bits per heavy atom. The fourth-order valence-corrected chi connectivity index (χ4v) is 7.81. The first-order chi connectivity index (χ1) is 31.2. The molecule has 2 fully saturated rings. The van der Waals surface area contributed by atoms with Crippen LogP contribution in [0.2, 0.25) is 0 Å². The van der Waals surface area contributed by atoms with Gasteiger partial charge in [-0.2, -0.15) is 0 Å². The lowest BCUT2D eigenvalue weighted by Gasteiger charge is -2.46. The molecule has 2 saturated heterocycles. The minimum absolute atomic E-state index is 0.0378. The van der Waals surface area contributed by atoms with Gasteiger partial charge in [-0.05, 0) is 33.4 Å². The summed E-state index contributed by atoms with van der Waals surface area (Å²) in [5.74, 6) is 0. The van der Waals surface area contributed by atoms with Crippen molar-refractivity contribution in [2.75, 3.05) is 13.2 Å². The number of aliphatic hydroxyl groups is 1. The Hall–Kier alpha value is -5.08. The van der Waals surface area contributed by atoms with Crippen molar-refractivity contribution >= 4 is 0 Å². The van der Waals surface area contributed by atoms with Crippen LogP contribution in [0.5, 0.6) is 0 Å². The number of benzene rings is 6. The van der Waals surface area contributed by atoms with Crippen molar-refractivity contribution in [3.63, 3.8) is 0 Å². The predicted molar refractivity (Wildman–Crippen MR) is 237 cm³/mol. The van der Waals surface area contributed by atoms with Gasteiger partial charge in [0.2, 0.25) is 0 Å². The summed E-state index contributed by atoms with van der Waals surface area (Å²) >= 11 is 0. The van der Waals surface area contributed by atoms with E-state index in [0.29, 0.717) is 13.2 Å². The van der Waals surface area contributed by atoms with Crippen molar-refractivity contribution in [1.29, 1.82) is 0 Å². The molecule has 8 rings (SSSR count). The van der Waals surface area contributed by atoms with E-state index >= 15 is 0 Å². The first-order valence-electron chi connectivity index (χ1n) is 21.7. The SMILES string of the molecule is O[C@H]1OC(CO[C@H]2OC[C@@H](OCc3ccccc3)C(OCc3ccccc3)C2OCc2ccccc2)[C@@H](OCc2ccccc2)C(OCc2ccccc2)C1OCc1ccccc1. The number of rotatable bonds is 21. The summed E-state index contributed by atoms with van der Waals surface area (Å²) in [4.78, 5) is 0. The molecule has 2 aliphatic heterocycles. The zero-order valence-corrected chi connectivity index (χ0v) is 35.3. The minimum atomic E-state index is -1.37. The molecule has 0 aliphatic carbocycles. The molecule has 10 nitrogen and oxygen atoms in total. The molecular weight excluding hydrogens is 797 g/mol. The molecule has 0 bridgehead atoms. The van der Waals surface area contributed by atoms with Crippen LogP contribution in [-0.2, 0) is 82.3 Å². The van der Waals surface area contributed by atoms with Crippen molar-refractivity contribution in [2.45, 2.75) is 94.9 Å². The number of hydrogen-bond donors (Lipinski definition) is 1. The van der Waals surface area contributed by atoms with Crippen molar-refractivity contribution in [1.82, 2.24) is 0 Å². The second kappa shape index (κ2) is 23.6. The molecule has 63 heavy (non-hydrogen) atoms. The van der Waals surface area contributed by atoms with Gasteiger partial charge in [-0.15, -0.1) is 0 Å². The van der Waals surface area contributed by atoms with Crippen LogP contribution in [0.4, 0.5) is 0 Å². The van der Waals surface area contributed by atoms with E-state index in [4.69, 9.17) is 42.6 Å². The van der Waals surface area contributed by atoms with E-state index in [-0.39, 0.29) is 39.6 Å². The van der Waals surface area contributed by atoms with Gasteiger partial charge >= 0.3 is 0 Å². The Labute approximate surface area is 370 Å². The molecule has 1 N–H and O–H groups in total. The van der Waals surface area contributed by atoms with Gasteiger partial charge in [-0.25, -0.2) is 0 Å². The van der Waals surface area contributed by atoms with Crippen LogP contribution >= 0.6 is 0 Å².